The molecule has 3 N–H and O–H groups in total. The monoisotopic (exact) mass is 400 g/mol. The van der Waals surface area contributed by atoms with E-state index in [0.29, 0.717) is 35.9 Å². The highest BCUT2D eigenvalue weighted by atomic mass is 32.2. The van der Waals surface area contributed by atoms with Gasteiger partial charge in [0, 0.05) is 29.7 Å². The third-order valence-corrected chi connectivity index (χ3v) is 5.67. The lowest BCUT2D eigenvalue weighted by atomic mass is 9.97. The highest BCUT2D eigenvalue weighted by Crippen LogP contribution is 2.41. The van der Waals surface area contributed by atoms with Gasteiger partial charge in [-0.25, -0.2) is 9.97 Å². The summed E-state index contributed by atoms with van der Waals surface area (Å²) in [5.74, 6) is -0.244. The normalized spacial score (nSPS) is 15.2. The molecule has 0 aliphatic carbocycles. The Balaban J connectivity index is 2.00. The van der Waals surface area contributed by atoms with Crippen LogP contribution in [0.3, 0.4) is 0 Å². The van der Waals surface area contributed by atoms with Crippen molar-refractivity contribution in [1.82, 2.24) is 15.3 Å². The average molecular weight is 401 g/mol. The van der Waals surface area contributed by atoms with Crippen molar-refractivity contribution >= 4 is 29.6 Å². The van der Waals surface area contributed by atoms with Crippen molar-refractivity contribution in [2.24, 2.45) is 0 Å². The number of hydrogen-bond acceptors (Lipinski definition) is 7. The van der Waals surface area contributed by atoms with Gasteiger partial charge in [-0.05, 0) is 38.0 Å². The van der Waals surface area contributed by atoms with Crippen molar-refractivity contribution in [3.8, 4) is 11.3 Å². The second kappa shape index (κ2) is 8.60. The second-order valence-electron chi connectivity index (χ2n) is 6.56. The zero-order chi connectivity index (χ0) is 20.3. The van der Waals surface area contributed by atoms with Gasteiger partial charge in [-0.2, -0.15) is 0 Å². The molecule has 2 heterocycles. The Morgan fingerprint density at radius 2 is 2.11 bits per heavy atom. The summed E-state index contributed by atoms with van der Waals surface area (Å²) in [5, 5.41) is 3.22. The lowest BCUT2D eigenvalue weighted by molar-refractivity contribution is -0.142. The quantitative estimate of drug-likeness (QED) is 0.567. The number of nitrogens with zero attached hydrogens (tertiary/aromatic N) is 2. The van der Waals surface area contributed by atoms with Crippen molar-refractivity contribution in [2.45, 2.75) is 43.9 Å². The largest absolute Gasteiger partial charge is 0.465 e. The predicted molar refractivity (Wildman–Crippen MR) is 109 cm³/mol. The summed E-state index contributed by atoms with van der Waals surface area (Å²) in [6.07, 6.45) is 1.34. The molecule has 1 aromatic heterocycles. The molecule has 1 amide bonds. The minimum absolute atomic E-state index is 0.124. The number of anilines is 1. The maximum atomic E-state index is 12.4. The highest BCUT2D eigenvalue weighted by molar-refractivity contribution is 8.00. The van der Waals surface area contributed by atoms with Gasteiger partial charge >= 0.3 is 5.97 Å². The molecule has 1 aliphatic heterocycles. The van der Waals surface area contributed by atoms with Crippen LogP contribution in [0.4, 0.5) is 5.95 Å². The standard InChI is InChI=1S/C20H24N4O3S/c1-4-8-22-17(25)12-7-6-11(3)13(9-12)16-14-10-15(19(26)27-5-2)28-18(14)24-20(21)23-16/h6-7,9,15H,4-5,8,10H2,1-3H3,(H,22,25)(H2,21,23,24). The molecule has 0 bridgehead atoms. The van der Waals surface area contributed by atoms with E-state index < -0.39 is 0 Å². The lowest BCUT2D eigenvalue weighted by Crippen LogP contribution is -2.24. The molecular formula is C20H24N4O3S. The molecule has 28 heavy (non-hydrogen) atoms. The lowest BCUT2D eigenvalue weighted by Gasteiger charge is -2.12. The molecule has 7 nitrogen and oxygen atoms in total. The van der Waals surface area contributed by atoms with Gasteiger partial charge in [-0.1, -0.05) is 24.8 Å². The van der Waals surface area contributed by atoms with Gasteiger partial charge in [0.05, 0.1) is 12.3 Å². The van der Waals surface area contributed by atoms with Crippen LogP contribution in [0.25, 0.3) is 11.3 Å². The number of benzene rings is 1. The molecule has 1 unspecified atom stereocenters. The first kappa shape index (κ1) is 20.1. The van der Waals surface area contributed by atoms with Crippen LogP contribution in [0.2, 0.25) is 0 Å². The van der Waals surface area contributed by atoms with E-state index >= 15 is 0 Å². The van der Waals surface area contributed by atoms with E-state index in [1.165, 1.54) is 11.8 Å². The van der Waals surface area contributed by atoms with Gasteiger partial charge in [0.15, 0.2) is 0 Å². The molecule has 8 heteroatoms. The highest BCUT2D eigenvalue weighted by Gasteiger charge is 2.34. The molecule has 0 saturated heterocycles. The van der Waals surface area contributed by atoms with Crippen LogP contribution in [-0.2, 0) is 16.0 Å². The Labute approximate surface area is 168 Å². The maximum Gasteiger partial charge on any atom is 0.319 e. The van der Waals surface area contributed by atoms with Crippen LogP contribution < -0.4 is 11.1 Å². The summed E-state index contributed by atoms with van der Waals surface area (Å²) in [6.45, 7) is 6.70. The zero-order valence-corrected chi connectivity index (χ0v) is 17.1. The second-order valence-corrected chi connectivity index (χ2v) is 7.75. The molecule has 148 valence electrons. The predicted octanol–water partition coefficient (Wildman–Crippen LogP) is 2.75. The number of carbonyl (C=O) groups is 2. The summed E-state index contributed by atoms with van der Waals surface area (Å²) in [6, 6.07) is 5.52. The van der Waals surface area contributed by atoms with E-state index in [0.717, 1.165) is 23.1 Å². The number of rotatable bonds is 6. The molecule has 2 aromatic rings. The van der Waals surface area contributed by atoms with Crippen molar-refractivity contribution in [2.75, 3.05) is 18.9 Å². The Morgan fingerprint density at radius 3 is 2.82 bits per heavy atom. The molecule has 0 saturated carbocycles. The van der Waals surface area contributed by atoms with E-state index in [1.807, 2.05) is 26.0 Å². The Hall–Kier alpha value is -2.61. The number of aryl methyl sites for hydroxylation is 1. The number of esters is 1. The van der Waals surface area contributed by atoms with Crippen LogP contribution >= 0.6 is 11.8 Å². The Kier molecular flexibility index (Phi) is 6.18. The number of nitrogen functional groups attached to an aromatic ring is 1. The smallest absolute Gasteiger partial charge is 0.319 e. The van der Waals surface area contributed by atoms with Crippen LogP contribution in [-0.4, -0.2) is 40.2 Å². The van der Waals surface area contributed by atoms with Crippen LogP contribution in [0.15, 0.2) is 23.2 Å². The number of nitrogens with one attached hydrogen (secondary N) is 1. The number of carbonyl (C=O) groups excluding carboxylic acids is 2. The van der Waals surface area contributed by atoms with Gasteiger partial charge in [0.25, 0.3) is 5.91 Å². The van der Waals surface area contributed by atoms with Gasteiger partial charge in [0.2, 0.25) is 5.95 Å². The number of fused-ring (bicyclic) bond motifs is 1. The van der Waals surface area contributed by atoms with Gasteiger partial charge in [-0.15, -0.1) is 0 Å². The fourth-order valence-corrected chi connectivity index (χ4v) is 4.22. The average Bonchev–Trinajstić information content (AvgIpc) is 3.10. The fraction of sp³-hybridized carbons (Fsp3) is 0.400. The van der Waals surface area contributed by atoms with Crippen molar-refractivity contribution in [1.29, 1.82) is 0 Å². The van der Waals surface area contributed by atoms with Crippen LogP contribution in [0.1, 0.15) is 41.8 Å². The first-order valence-corrected chi connectivity index (χ1v) is 10.2. The summed E-state index contributed by atoms with van der Waals surface area (Å²) in [4.78, 5) is 33.3. The number of thioether (sulfide) groups is 1. The van der Waals surface area contributed by atoms with E-state index in [2.05, 4.69) is 15.3 Å². The Morgan fingerprint density at radius 1 is 1.32 bits per heavy atom. The third-order valence-electron chi connectivity index (χ3n) is 4.47. The first-order chi connectivity index (χ1) is 13.4. The number of hydrogen-bond donors (Lipinski definition) is 2. The molecule has 0 spiro atoms. The van der Waals surface area contributed by atoms with Crippen LogP contribution in [0, 0.1) is 6.92 Å². The van der Waals surface area contributed by atoms with Gasteiger partial charge < -0.3 is 15.8 Å². The first-order valence-electron chi connectivity index (χ1n) is 9.33. The number of nitrogens with two attached hydrogens (primary N) is 1. The number of amides is 1. The van der Waals surface area contributed by atoms with E-state index in [-0.39, 0.29) is 23.1 Å². The SMILES string of the molecule is CCCNC(=O)c1ccc(C)c(-c2nc(N)nc3c2CC(C(=O)OCC)S3)c1. The summed E-state index contributed by atoms with van der Waals surface area (Å²) in [5.41, 5.74) is 9.82. The van der Waals surface area contributed by atoms with E-state index in [4.69, 9.17) is 10.5 Å². The molecule has 3 rings (SSSR count). The number of aromatic nitrogens is 2. The molecular weight excluding hydrogens is 376 g/mol. The number of ether oxygens (including phenoxy) is 1. The Bertz CT molecular complexity index is 917. The van der Waals surface area contributed by atoms with E-state index in [1.54, 1.807) is 13.0 Å². The fourth-order valence-electron chi connectivity index (χ4n) is 3.07. The summed E-state index contributed by atoms with van der Waals surface area (Å²) in [7, 11) is 0. The van der Waals surface area contributed by atoms with Crippen LogP contribution in [0.5, 0.6) is 0 Å². The minimum atomic E-state index is -0.360. The van der Waals surface area contributed by atoms with Crippen molar-refractivity contribution in [3.63, 3.8) is 0 Å². The van der Waals surface area contributed by atoms with E-state index in [9.17, 15) is 9.59 Å². The topological polar surface area (TPSA) is 107 Å². The molecule has 1 aliphatic rings. The zero-order valence-electron chi connectivity index (χ0n) is 16.2. The summed E-state index contributed by atoms with van der Waals surface area (Å²) >= 11 is 1.35. The molecule has 1 aromatic carbocycles. The van der Waals surface area contributed by atoms with Gasteiger partial charge in [-0.3, -0.25) is 9.59 Å². The molecule has 0 fully saturated rings. The third kappa shape index (κ3) is 4.11. The summed E-state index contributed by atoms with van der Waals surface area (Å²) < 4.78 is 5.15. The molecule has 1 atom stereocenters. The maximum absolute atomic E-state index is 12.4. The van der Waals surface area contributed by atoms with Gasteiger partial charge in [0.1, 0.15) is 10.3 Å². The van der Waals surface area contributed by atoms with Crippen molar-refractivity contribution in [3.05, 3.63) is 34.9 Å². The van der Waals surface area contributed by atoms with Crippen molar-refractivity contribution < 1.29 is 14.3 Å². The molecule has 0 radical (unpaired) electrons. The minimum Gasteiger partial charge on any atom is -0.465 e.